The smallest absolute Gasteiger partial charge is 0.433 e. The van der Waals surface area contributed by atoms with Crippen molar-refractivity contribution in [1.82, 2.24) is 20.4 Å². The van der Waals surface area contributed by atoms with Crippen LogP contribution >= 0.6 is 0 Å². The number of hydrogen-bond donors (Lipinski definition) is 2. The van der Waals surface area contributed by atoms with Crippen molar-refractivity contribution in [3.05, 3.63) is 48.6 Å². The highest BCUT2D eigenvalue weighted by molar-refractivity contribution is 5.97. The Bertz CT molecular complexity index is 1140. The first kappa shape index (κ1) is 58.4. The minimum atomic E-state index is -1.09. The Kier molecular flexibility index (Phi) is 39.5. The van der Waals surface area contributed by atoms with Crippen LogP contribution in [0.25, 0.3) is 0 Å². The van der Waals surface area contributed by atoms with Crippen LogP contribution in [0.3, 0.4) is 0 Å². The average molecular weight is 901 g/mol. The largest absolute Gasteiger partial charge is 0.508 e. The molecule has 0 aromatic rings. The molecule has 2 amide bonds. The summed E-state index contributed by atoms with van der Waals surface area (Å²) in [6.45, 7) is 13.2. The summed E-state index contributed by atoms with van der Waals surface area (Å²) in [6, 6.07) is -2.19. The summed E-state index contributed by atoms with van der Waals surface area (Å²) in [6.07, 6.45) is 44.0. The first-order valence-corrected chi connectivity index (χ1v) is 25.6. The SMILES string of the molecule is CCCCC/C=C\CCCN(CCC/C=C\CCCCC)CCOC(=O)OC[C@@H]1NC(=O)[C@H](COC(=O)OCCN(CCC/C=C\CCCCC)CCC/C=C\CCCCC)NC1=O. The lowest BCUT2D eigenvalue weighted by atomic mass is 10.1. The third-order valence-corrected chi connectivity index (χ3v) is 11.2. The van der Waals surface area contributed by atoms with Crippen LogP contribution in [0.4, 0.5) is 9.59 Å². The van der Waals surface area contributed by atoms with E-state index in [1.807, 2.05) is 0 Å². The quantitative estimate of drug-likeness (QED) is 0.0346. The van der Waals surface area contributed by atoms with Crippen LogP contribution in [0.1, 0.15) is 182 Å². The second-order valence-electron chi connectivity index (χ2n) is 17.1. The zero-order valence-electron chi connectivity index (χ0n) is 41.0. The molecule has 0 bridgehead atoms. The molecule has 1 aliphatic rings. The number of hydrogen-bond acceptors (Lipinski definition) is 10. The Balaban J connectivity index is 2.46. The maximum Gasteiger partial charge on any atom is 0.508 e. The molecule has 0 unspecified atom stereocenters. The molecule has 12 nitrogen and oxygen atoms in total. The molecule has 1 fully saturated rings. The van der Waals surface area contributed by atoms with Crippen LogP contribution in [0.2, 0.25) is 0 Å². The van der Waals surface area contributed by atoms with Crippen LogP contribution in [0, 0.1) is 0 Å². The fourth-order valence-corrected chi connectivity index (χ4v) is 7.21. The minimum absolute atomic E-state index is 0.156. The lowest BCUT2D eigenvalue weighted by Gasteiger charge is -2.28. The molecule has 1 rings (SSSR count). The van der Waals surface area contributed by atoms with E-state index in [1.165, 1.54) is 77.0 Å². The second-order valence-corrected chi connectivity index (χ2v) is 17.1. The molecule has 0 spiro atoms. The van der Waals surface area contributed by atoms with E-state index < -0.39 is 36.2 Å². The van der Waals surface area contributed by atoms with Gasteiger partial charge in [0.2, 0.25) is 11.8 Å². The topological polar surface area (TPSA) is 136 Å². The molecule has 2 atom stereocenters. The molecule has 2 N–H and O–H groups in total. The number of nitrogens with one attached hydrogen (secondary N) is 2. The Labute approximate surface area is 389 Å². The van der Waals surface area contributed by atoms with Gasteiger partial charge in [0.05, 0.1) is 0 Å². The first-order valence-electron chi connectivity index (χ1n) is 25.6. The summed E-state index contributed by atoms with van der Waals surface area (Å²) in [5, 5.41) is 5.11. The lowest BCUT2D eigenvalue weighted by Crippen LogP contribution is -2.64. The fourth-order valence-electron chi connectivity index (χ4n) is 7.21. The predicted molar refractivity (Wildman–Crippen MR) is 261 cm³/mol. The molecule has 1 aliphatic heterocycles. The fraction of sp³-hybridized carbons (Fsp3) is 0.769. The van der Waals surface area contributed by atoms with E-state index in [0.717, 1.165) is 103 Å². The minimum Gasteiger partial charge on any atom is -0.433 e. The van der Waals surface area contributed by atoms with Crippen molar-refractivity contribution in [2.75, 3.05) is 65.7 Å². The van der Waals surface area contributed by atoms with Crippen LogP contribution in [-0.4, -0.2) is 112 Å². The van der Waals surface area contributed by atoms with Crippen molar-refractivity contribution >= 4 is 24.1 Å². The molecule has 0 aliphatic carbocycles. The Morgan fingerprint density at radius 2 is 0.672 bits per heavy atom. The standard InChI is InChI=1S/C52H92N4O8/c1-5-9-13-17-21-25-29-33-37-55(38-34-30-26-22-18-14-10-6-2)41-43-61-51(59)63-45-47-49(57)54-48(50(58)53-47)46-64-52(60)62-44-42-56(39-35-31-27-23-19-15-11-7-3)40-36-32-28-24-20-16-12-8-4/h21-28,47-48H,5-20,29-46H2,1-4H3,(H,53,58)(H,54,57)/b25-21-,26-22-,27-23-,28-24-/t47-,48-/m0/s1. The summed E-state index contributed by atoms with van der Waals surface area (Å²) < 4.78 is 21.1. The third kappa shape index (κ3) is 34.7. The molecule has 64 heavy (non-hydrogen) atoms. The summed E-state index contributed by atoms with van der Waals surface area (Å²) in [4.78, 5) is 55.2. The number of nitrogens with zero attached hydrogens (tertiary/aromatic N) is 2. The Morgan fingerprint density at radius 3 is 0.938 bits per heavy atom. The Hall–Kier alpha value is -3.64. The predicted octanol–water partition coefficient (Wildman–Crippen LogP) is 11.5. The van der Waals surface area contributed by atoms with Crippen molar-refractivity contribution in [3.63, 3.8) is 0 Å². The molecular formula is C52H92N4O8. The van der Waals surface area contributed by atoms with Gasteiger partial charge in [-0.1, -0.05) is 128 Å². The average Bonchev–Trinajstić information content (AvgIpc) is 3.29. The number of ether oxygens (including phenoxy) is 4. The lowest BCUT2D eigenvalue weighted by molar-refractivity contribution is -0.139. The number of allylic oxidation sites excluding steroid dienone is 8. The van der Waals surface area contributed by atoms with Gasteiger partial charge >= 0.3 is 12.3 Å². The van der Waals surface area contributed by atoms with Crippen molar-refractivity contribution < 1.29 is 38.1 Å². The molecule has 0 aromatic heterocycles. The van der Waals surface area contributed by atoms with Gasteiger partial charge in [-0.15, -0.1) is 0 Å². The highest BCUT2D eigenvalue weighted by atomic mass is 16.7. The summed E-state index contributed by atoms with van der Waals surface area (Å²) >= 11 is 0. The van der Waals surface area contributed by atoms with E-state index >= 15 is 0 Å². The van der Waals surface area contributed by atoms with Crippen molar-refractivity contribution in [3.8, 4) is 0 Å². The van der Waals surface area contributed by atoms with Crippen LogP contribution in [0.15, 0.2) is 48.6 Å². The Morgan fingerprint density at radius 1 is 0.406 bits per heavy atom. The zero-order chi connectivity index (χ0) is 46.6. The number of piperazine rings is 1. The molecule has 0 radical (unpaired) electrons. The van der Waals surface area contributed by atoms with E-state index in [9.17, 15) is 19.2 Å². The molecule has 0 saturated carbocycles. The van der Waals surface area contributed by atoms with E-state index in [0.29, 0.717) is 13.1 Å². The van der Waals surface area contributed by atoms with Crippen molar-refractivity contribution in [2.45, 2.75) is 194 Å². The number of unbranched alkanes of at least 4 members (excludes halogenated alkanes) is 16. The third-order valence-electron chi connectivity index (χ3n) is 11.2. The van der Waals surface area contributed by atoms with Crippen LogP contribution in [-0.2, 0) is 28.5 Å². The van der Waals surface area contributed by atoms with Gasteiger partial charge in [0.25, 0.3) is 0 Å². The number of carbonyl (C=O) groups is 4. The van der Waals surface area contributed by atoms with Gasteiger partial charge in [0, 0.05) is 13.1 Å². The monoisotopic (exact) mass is 901 g/mol. The maximum atomic E-state index is 12.8. The van der Waals surface area contributed by atoms with E-state index in [2.05, 4.69) is 96.7 Å². The van der Waals surface area contributed by atoms with Gasteiger partial charge in [-0.2, -0.15) is 0 Å². The van der Waals surface area contributed by atoms with Crippen LogP contribution < -0.4 is 10.6 Å². The normalized spacial score (nSPS) is 15.6. The molecule has 0 aromatic carbocycles. The number of amides is 2. The van der Waals surface area contributed by atoms with Gasteiger partial charge in [-0.05, 0) is 129 Å². The highest BCUT2D eigenvalue weighted by Gasteiger charge is 2.35. The summed E-state index contributed by atoms with van der Waals surface area (Å²) in [5.74, 6) is -1.11. The van der Waals surface area contributed by atoms with Crippen LogP contribution in [0.5, 0.6) is 0 Å². The van der Waals surface area contributed by atoms with E-state index in [1.54, 1.807) is 0 Å². The van der Waals surface area contributed by atoms with Gasteiger partial charge in [0.1, 0.15) is 38.5 Å². The molecule has 368 valence electrons. The van der Waals surface area contributed by atoms with Crippen molar-refractivity contribution in [1.29, 1.82) is 0 Å². The first-order chi connectivity index (χ1) is 31.3. The molecule has 1 heterocycles. The van der Waals surface area contributed by atoms with Crippen molar-refractivity contribution in [2.24, 2.45) is 0 Å². The van der Waals surface area contributed by atoms with E-state index in [-0.39, 0.29) is 26.4 Å². The van der Waals surface area contributed by atoms with Gasteiger partial charge in [-0.25, -0.2) is 9.59 Å². The highest BCUT2D eigenvalue weighted by Crippen LogP contribution is 2.09. The number of carbonyl (C=O) groups excluding carboxylic acids is 4. The zero-order valence-corrected chi connectivity index (χ0v) is 41.0. The van der Waals surface area contributed by atoms with Gasteiger partial charge in [-0.3, -0.25) is 19.4 Å². The maximum absolute atomic E-state index is 12.8. The molecule has 1 saturated heterocycles. The summed E-state index contributed by atoms with van der Waals surface area (Å²) in [7, 11) is 0. The van der Waals surface area contributed by atoms with Gasteiger partial charge < -0.3 is 29.6 Å². The molecule has 12 heteroatoms. The molecular weight excluding hydrogens is 809 g/mol. The number of rotatable bonds is 42. The van der Waals surface area contributed by atoms with E-state index in [4.69, 9.17) is 18.9 Å². The summed E-state index contributed by atoms with van der Waals surface area (Å²) in [5.41, 5.74) is 0. The van der Waals surface area contributed by atoms with Gasteiger partial charge in [0.15, 0.2) is 0 Å². The second kappa shape index (κ2) is 43.3.